The van der Waals surface area contributed by atoms with Gasteiger partial charge in [-0.05, 0) is 42.7 Å². The van der Waals surface area contributed by atoms with E-state index in [-0.39, 0.29) is 29.3 Å². The van der Waals surface area contributed by atoms with Gasteiger partial charge in [0.05, 0.1) is 17.2 Å². The number of ether oxygens (including phenoxy) is 3. The van der Waals surface area contributed by atoms with Crippen LogP contribution in [0.5, 0.6) is 0 Å². The number of carbonyl (C=O) groups excluding carboxylic acids is 1. The first-order chi connectivity index (χ1) is 18.0. The van der Waals surface area contributed by atoms with Crippen molar-refractivity contribution in [3.05, 3.63) is 24.3 Å². The Labute approximate surface area is 230 Å². The molecule has 0 radical (unpaired) electrons. The van der Waals surface area contributed by atoms with Crippen LogP contribution in [0.3, 0.4) is 0 Å². The van der Waals surface area contributed by atoms with Gasteiger partial charge < -0.3 is 14.2 Å². The Morgan fingerprint density at radius 3 is 2.53 bits per heavy atom. The molecule has 0 spiro atoms. The van der Waals surface area contributed by atoms with E-state index < -0.39 is 16.3 Å². The van der Waals surface area contributed by atoms with Crippen LogP contribution in [0.2, 0.25) is 0 Å². The van der Waals surface area contributed by atoms with Gasteiger partial charge in [0.2, 0.25) is 10.0 Å². The number of sulfonamides is 1. The van der Waals surface area contributed by atoms with E-state index in [0.29, 0.717) is 34.3 Å². The first kappa shape index (κ1) is 30.6. The third-order valence-corrected chi connectivity index (χ3v) is 9.76. The highest BCUT2D eigenvalue weighted by molar-refractivity contribution is 7.99. The number of hydrogen-bond donors (Lipinski definition) is 0. The molecule has 0 bridgehead atoms. The maximum atomic E-state index is 12.9. The van der Waals surface area contributed by atoms with Crippen molar-refractivity contribution in [1.29, 1.82) is 0 Å². The van der Waals surface area contributed by atoms with Crippen LogP contribution in [0.1, 0.15) is 40.0 Å². The van der Waals surface area contributed by atoms with Crippen LogP contribution >= 0.6 is 11.8 Å². The zero-order chi connectivity index (χ0) is 28.0. The summed E-state index contributed by atoms with van der Waals surface area (Å²) in [6.07, 6.45) is 2.44. The summed E-state index contributed by atoms with van der Waals surface area (Å²) >= 11 is 1.22. The zero-order valence-corrected chi connectivity index (χ0v) is 24.9. The van der Waals surface area contributed by atoms with Gasteiger partial charge in [-0.15, -0.1) is 10.2 Å². The molecule has 38 heavy (non-hydrogen) atoms. The highest BCUT2D eigenvalue weighted by Crippen LogP contribution is 2.36. The number of nitrogens with zero attached hydrogens (tertiary/aromatic N) is 4. The molecule has 2 aromatic rings. The molecule has 1 saturated carbocycles. The van der Waals surface area contributed by atoms with E-state index in [2.05, 4.69) is 31.0 Å². The van der Waals surface area contributed by atoms with E-state index in [9.17, 15) is 13.2 Å². The molecule has 3 rings (SSSR count). The maximum Gasteiger partial charge on any atom is 0.316 e. The first-order valence-corrected chi connectivity index (χ1v) is 15.2. The van der Waals surface area contributed by atoms with Gasteiger partial charge in [0.1, 0.15) is 6.10 Å². The summed E-state index contributed by atoms with van der Waals surface area (Å²) in [7, 11) is 2.39. The van der Waals surface area contributed by atoms with Gasteiger partial charge in [-0.2, -0.15) is 0 Å². The Morgan fingerprint density at radius 1 is 1.18 bits per heavy atom. The summed E-state index contributed by atoms with van der Waals surface area (Å²) in [5, 5.41) is 9.13. The van der Waals surface area contributed by atoms with E-state index in [1.807, 2.05) is 0 Å². The minimum Gasteiger partial charge on any atom is -0.461 e. The average Bonchev–Trinajstić information content (AvgIpc) is 3.28. The lowest BCUT2D eigenvalue weighted by Gasteiger charge is -2.36. The fourth-order valence-electron chi connectivity index (χ4n) is 4.75. The summed E-state index contributed by atoms with van der Waals surface area (Å²) in [6.45, 7) is 6.81. The van der Waals surface area contributed by atoms with Crippen molar-refractivity contribution in [2.45, 2.75) is 69.0 Å². The van der Waals surface area contributed by atoms with Gasteiger partial charge in [-0.25, -0.2) is 12.7 Å². The first-order valence-electron chi connectivity index (χ1n) is 12.8. The number of thioether (sulfide) groups is 1. The lowest BCUT2D eigenvalue weighted by Crippen LogP contribution is -2.36. The van der Waals surface area contributed by atoms with Crippen LogP contribution in [0.4, 0.5) is 0 Å². The molecule has 0 aliphatic heterocycles. The molecule has 10 nitrogen and oxygen atoms in total. The fourth-order valence-corrected chi connectivity index (χ4v) is 6.43. The van der Waals surface area contributed by atoms with Gasteiger partial charge in [-0.1, -0.05) is 51.1 Å². The number of benzene rings is 1. The van der Waals surface area contributed by atoms with E-state index in [4.69, 9.17) is 14.2 Å². The minimum absolute atomic E-state index is 0.0759. The standard InChI is InChI=1S/C26H40N4O6S2/c1-17(2)21-12-11-18(3)13-22(21)36-23(31)16-37-26-28-27-25(30(26)15-24(34-6)35-7)19-9-8-10-20(14-19)38(32,33)29(4)5/h8-10,14,17-18,21-22,24H,11-13,15-16H2,1-7H3/t18-,21+,22-/m0/s1. The van der Waals surface area contributed by atoms with Crippen molar-refractivity contribution in [1.82, 2.24) is 19.1 Å². The quantitative estimate of drug-likeness (QED) is 0.214. The highest BCUT2D eigenvalue weighted by atomic mass is 32.2. The molecule has 1 fully saturated rings. The number of methoxy groups -OCH3 is 2. The average molecular weight is 569 g/mol. The van der Waals surface area contributed by atoms with Gasteiger partial charge in [0.25, 0.3) is 0 Å². The Kier molecular flexibility index (Phi) is 10.8. The molecule has 1 aliphatic rings. The number of rotatable bonds is 12. The molecule has 3 atom stereocenters. The molecule has 0 saturated heterocycles. The van der Waals surface area contributed by atoms with Gasteiger partial charge in [0, 0.05) is 33.9 Å². The van der Waals surface area contributed by atoms with Crippen molar-refractivity contribution in [2.24, 2.45) is 17.8 Å². The predicted octanol–water partition coefficient (Wildman–Crippen LogP) is 3.91. The summed E-state index contributed by atoms with van der Waals surface area (Å²) in [5.74, 6) is 1.58. The van der Waals surface area contributed by atoms with Gasteiger partial charge >= 0.3 is 5.97 Å². The second-order valence-electron chi connectivity index (χ2n) is 10.3. The minimum atomic E-state index is -3.64. The lowest BCUT2D eigenvalue weighted by atomic mass is 9.75. The maximum absolute atomic E-state index is 12.9. The molecule has 212 valence electrons. The SMILES string of the molecule is COC(Cn1c(SCC(=O)O[C@H]2C[C@@H](C)CC[C@@H]2C(C)C)nnc1-c1cccc(S(=O)(=O)N(C)C)c1)OC. The van der Waals surface area contributed by atoms with Crippen molar-refractivity contribution in [2.75, 3.05) is 34.1 Å². The van der Waals surface area contributed by atoms with Crippen molar-refractivity contribution in [3.8, 4) is 11.4 Å². The van der Waals surface area contributed by atoms with Crippen LogP contribution in [0.25, 0.3) is 11.4 Å². The topological polar surface area (TPSA) is 113 Å². The molecule has 0 N–H and O–H groups in total. The molecule has 1 aliphatic carbocycles. The Bertz CT molecular complexity index is 1180. The van der Waals surface area contributed by atoms with Crippen LogP contribution in [0, 0.1) is 17.8 Å². The van der Waals surface area contributed by atoms with Crippen LogP contribution in [0.15, 0.2) is 34.3 Å². The molecule has 12 heteroatoms. The predicted molar refractivity (Wildman–Crippen MR) is 146 cm³/mol. The van der Waals surface area contributed by atoms with Gasteiger partial charge in [0.15, 0.2) is 17.3 Å². The summed E-state index contributed by atoms with van der Waals surface area (Å²) in [6, 6.07) is 6.52. The van der Waals surface area contributed by atoms with Crippen molar-refractivity contribution < 1.29 is 27.4 Å². The highest BCUT2D eigenvalue weighted by Gasteiger charge is 2.33. The monoisotopic (exact) mass is 568 g/mol. The van der Waals surface area contributed by atoms with E-state index in [1.165, 1.54) is 46.1 Å². The third-order valence-electron chi connectivity index (χ3n) is 7.01. The smallest absolute Gasteiger partial charge is 0.316 e. The fraction of sp³-hybridized carbons (Fsp3) is 0.654. The summed E-state index contributed by atoms with van der Waals surface area (Å²) in [4.78, 5) is 13.0. The van der Waals surface area contributed by atoms with E-state index in [0.717, 1.165) is 23.6 Å². The summed E-state index contributed by atoms with van der Waals surface area (Å²) in [5.41, 5.74) is 0.566. The molecule has 0 unspecified atom stereocenters. The number of aromatic nitrogens is 3. The van der Waals surface area contributed by atoms with Crippen molar-refractivity contribution >= 4 is 27.8 Å². The second-order valence-corrected chi connectivity index (χ2v) is 13.4. The summed E-state index contributed by atoms with van der Waals surface area (Å²) < 4.78 is 45.1. The van der Waals surface area contributed by atoms with E-state index in [1.54, 1.807) is 22.8 Å². The van der Waals surface area contributed by atoms with Crippen LogP contribution in [-0.2, 0) is 35.6 Å². The van der Waals surface area contributed by atoms with Crippen molar-refractivity contribution in [3.63, 3.8) is 0 Å². The molecule has 1 heterocycles. The second kappa shape index (κ2) is 13.4. The largest absolute Gasteiger partial charge is 0.461 e. The Hall–Kier alpha value is -1.99. The number of esters is 1. The molecular formula is C26H40N4O6S2. The zero-order valence-electron chi connectivity index (χ0n) is 23.3. The molecular weight excluding hydrogens is 528 g/mol. The molecule has 1 aromatic heterocycles. The van der Waals surface area contributed by atoms with Crippen LogP contribution < -0.4 is 0 Å². The lowest BCUT2D eigenvalue weighted by molar-refractivity contribution is -0.152. The molecule has 1 aromatic carbocycles. The number of carbonyl (C=O) groups is 1. The number of hydrogen-bond acceptors (Lipinski definition) is 9. The van der Waals surface area contributed by atoms with Gasteiger partial charge in [-0.3, -0.25) is 9.36 Å². The third kappa shape index (κ3) is 7.35. The Balaban J connectivity index is 1.84. The Morgan fingerprint density at radius 2 is 1.89 bits per heavy atom. The molecule has 0 amide bonds. The van der Waals surface area contributed by atoms with E-state index >= 15 is 0 Å². The normalized spacial score (nSPS) is 20.4. The van der Waals surface area contributed by atoms with Crippen LogP contribution in [-0.4, -0.2) is 79.9 Å².